The van der Waals surface area contributed by atoms with Crippen LogP contribution in [-0.2, 0) is 6.54 Å². The molecule has 0 amide bonds. The first-order valence-corrected chi connectivity index (χ1v) is 6.87. The molecule has 1 atom stereocenters. The van der Waals surface area contributed by atoms with Gasteiger partial charge in [0.25, 0.3) is 0 Å². The number of hydrogen-bond acceptors (Lipinski definition) is 3. The molecule has 0 bridgehead atoms. The third kappa shape index (κ3) is 2.73. The van der Waals surface area contributed by atoms with Crippen LogP contribution in [0.2, 0.25) is 0 Å². The van der Waals surface area contributed by atoms with Gasteiger partial charge in [-0.1, -0.05) is 24.3 Å². The monoisotopic (exact) mass is 266 g/mol. The summed E-state index contributed by atoms with van der Waals surface area (Å²) in [6.45, 7) is 4.78. The molecular weight excluding hydrogens is 248 g/mol. The van der Waals surface area contributed by atoms with E-state index in [2.05, 4.69) is 35.4 Å². The normalized spacial score (nSPS) is 12.7. The predicted molar refractivity (Wildman–Crippen MR) is 80.4 cm³/mol. The van der Waals surface area contributed by atoms with Crippen molar-refractivity contribution in [3.8, 4) is 0 Å². The van der Waals surface area contributed by atoms with E-state index in [1.807, 2.05) is 37.3 Å². The molecule has 0 aliphatic carbocycles. The van der Waals surface area contributed by atoms with E-state index in [-0.39, 0.29) is 6.04 Å². The third-order valence-corrected chi connectivity index (χ3v) is 3.43. The van der Waals surface area contributed by atoms with Crippen LogP contribution in [-0.4, -0.2) is 4.98 Å². The summed E-state index contributed by atoms with van der Waals surface area (Å²) in [5.41, 5.74) is 2.08. The topological polar surface area (TPSA) is 38.1 Å². The zero-order chi connectivity index (χ0) is 13.9. The number of aryl methyl sites for hydroxylation is 1. The molecule has 0 radical (unpaired) electrons. The summed E-state index contributed by atoms with van der Waals surface area (Å²) >= 11 is 0. The maximum atomic E-state index is 5.62. The summed E-state index contributed by atoms with van der Waals surface area (Å²) in [6.07, 6.45) is 0. The van der Waals surface area contributed by atoms with E-state index in [0.717, 1.165) is 29.3 Å². The van der Waals surface area contributed by atoms with Crippen LogP contribution in [0.25, 0.3) is 10.9 Å². The largest absolute Gasteiger partial charge is 0.465 e. The van der Waals surface area contributed by atoms with Crippen LogP contribution >= 0.6 is 0 Å². The minimum absolute atomic E-state index is 0.178. The second-order valence-corrected chi connectivity index (χ2v) is 5.05. The van der Waals surface area contributed by atoms with Crippen LogP contribution in [0.5, 0.6) is 0 Å². The van der Waals surface area contributed by atoms with Gasteiger partial charge in [0, 0.05) is 11.9 Å². The first kappa shape index (κ1) is 12.9. The molecule has 3 rings (SSSR count). The smallest absolute Gasteiger partial charge is 0.120 e. The maximum absolute atomic E-state index is 5.62. The molecule has 1 aromatic carbocycles. The summed E-state index contributed by atoms with van der Waals surface area (Å²) < 4.78 is 5.62. The second-order valence-electron chi connectivity index (χ2n) is 5.05. The van der Waals surface area contributed by atoms with Gasteiger partial charge in [0.2, 0.25) is 0 Å². The van der Waals surface area contributed by atoms with E-state index >= 15 is 0 Å². The molecule has 0 aliphatic heterocycles. The Bertz CT molecular complexity index is 718. The second kappa shape index (κ2) is 5.47. The fourth-order valence-corrected chi connectivity index (χ4v) is 2.25. The van der Waals surface area contributed by atoms with E-state index in [0.29, 0.717) is 0 Å². The van der Waals surface area contributed by atoms with Crippen molar-refractivity contribution >= 4 is 10.9 Å². The lowest BCUT2D eigenvalue weighted by Gasteiger charge is -2.11. The average Bonchev–Trinajstić information content (AvgIpc) is 2.91. The highest BCUT2D eigenvalue weighted by molar-refractivity contribution is 5.78. The van der Waals surface area contributed by atoms with E-state index in [1.165, 1.54) is 5.39 Å². The lowest BCUT2D eigenvalue weighted by molar-refractivity contribution is 0.415. The third-order valence-electron chi connectivity index (χ3n) is 3.43. The molecule has 0 saturated carbocycles. The summed E-state index contributed by atoms with van der Waals surface area (Å²) in [6, 6.07) is 16.5. The fraction of sp³-hybridized carbons (Fsp3) is 0.235. The highest BCUT2D eigenvalue weighted by Gasteiger charge is 2.09. The molecule has 3 nitrogen and oxygen atoms in total. The summed E-state index contributed by atoms with van der Waals surface area (Å²) in [5, 5.41) is 4.61. The van der Waals surface area contributed by atoms with Crippen molar-refractivity contribution in [1.82, 2.24) is 10.3 Å². The van der Waals surface area contributed by atoms with Gasteiger partial charge in [-0.2, -0.15) is 0 Å². The Kier molecular flexibility index (Phi) is 3.52. The Morgan fingerprint density at radius 1 is 1.10 bits per heavy atom. The number of aromatic nitrogens is 1. The number of nitrogens with one attached hydrogen (secondary N) is 1. The SMILES string of the molecule is Cc1ccc(C(C)NCc2ccc3ccccc3n2)o1. The first-order chi connectivity index (χ1) is 9.72. The Morgan fingerprint density at radius 2 is 1.95 bits per heavy atom. The maximum Gasteiger partial charge on any atom is 0.120 e. The van der Waals surface area contributed by atoms with Crippen molar-refractivity contribution in [2.75, 3.05) is 0 Å². The number of fused-ring (bicyclic) bond motifs is 1. The summed E-state index contributed by atoms with van der Waals surface area (Å²) in [7, 11) is 0. The number of para-hydroxylation sites is 1. The number of hydrogen-bond donors (Lipinski definition) is 1. The molecule has 0 spiro atoms. The van der Waals surface area contributed by atoms with E-state index in [9.17, 15) is 0 Å². The van der Waals surface area contributed by atoms with Gasteiger partial charge in [0.1, 0.15) is 11.5 Å². The standard InChI is InChI=1S/C17H18N2O/c1-12-7-10-17(20-12)13(2)18-11-15-9-8-14-5-3-4-6-16(14)19-15/h3-10,13,18H,11H2,1-2H3. The molecule has 20 heavy (non-hydrogen) atoms. The van der Waals surface area contributed by atoms with Gasteiger partial charge >= 0.3 is 0 Å². The molecule has 1 N–H and O–H groups in total. The molecule has 0 aliphatic rings. The van der Waals surface area contributed by atoms with Crippen LogP contribution in [0, 0.1) is 6.92 Å². The Morgan fingerprint density at radius 3 is 2.75 bits per heavy atom. The van der Waals surface area contributed by atoms with E-state index < -0.39 is 0 Å². The van der Waals surface area contributed by atoms with Gasteiger partial charge < -0.3 is 9.73 Å². The van der Waals surface area contributed by atoms with Crippen LogP contribution in [0.1, 0.15) is 30.2 Å². The van der Waals surface area contributed by atoms with Crippen LogP contribution in [0.4, 0.5) is 0 Å². The van der Waals surface area contributed by atoms with E-state index in [1.54, 1.807) is 0 Å². The van der Waals surface area contributed by atoms with Crippen LogP contribution in [0.15, 0.2) is 52.9 Å². The Labute approximate surface area is 118 Å². The van der Waals surface area contributed by atoms with E-state index in [4.69, 9.17) is 4.42 Å². The van der Waals surface area contributed by atoms with Crippen molar-refractivity contribution in [2.24, 2.45) is 0 Å². The van der Waals surface area contributed by atoms with Crippen molar-refractivity contribution < 1.29 is 4.42 Å². The fourth-order valence-electron chi connectivity index (χ4n) is 2.25. The molecule has 102 valence electrons. The lowest BCUT2D eigenvalue weighted by atomic mass is 10.2. The number of rotatable bonds is 4. The molecule has 0 saturated heterocycles. The minimum atomic E-state index is 0.178. The summed E-state index contributed by atoms with van der Waals surface area (Å²) in [5.74, 6) is 1.90. The van der Waals surface area contributed by atoms with Gasteiger partial charge in [0.05, 0.1) is 17.3 Å². The quantitative estimate of drug-likeness (QED) is 0.776. The highest BCUT2D eigenvalue weighted by Crippen LogP contribution is 2.17. The predicted octanol–water partition coefficient (Wildman–Crippen LogP) is 3.99. The zero-order valence-corrected chi connectivity index (χ0v) is 11.8. The van der Waals surface area contributed by atoms with Crippen molar-refractivity contribution in [1.29, 1.82) is 0 Å². The van der Waals surface area contributed by atoms with Crippen LogP contribution < -0.4 is 5.32 Å². The summed E-state index contributed by atoms with van der Waals surface area (Å²) in [4.78, 5) is 4.65. The number of nitrogens with zero attached hydrogens (tertiary/aromatic N) is 1. The highest BCUT2D eigenvalue weighted by atomic mass is 16.3. The average molecular weight is 266 g/mol. The van der Waals surface area contributed by atoms with Crippen LogP contribution in [0.3, 0.4) is 0 Å². The van der Waals surface area contributed by atoms with Gasteiger partial charge in [-0.15, -0.1) is 0 Å². The molecule has 3 heteroatoms. The van der Waals surface area contributed by atoms with Gasteiger partial charge in [-0.3, -0.25) is 4.98 Å². The Hall–Kier alpha value is -2.13. The van der Waals surface area contributed by atoms with Crippen molar-refractivity contribution in [2.45, 2.75) is 26.4 Å². The zero-order valence-electron chi connectivity index (χ0n) is 11.8. The molecule has 2 heterocycles. The minimum Gasteiger partial charge on any atom is -0.465 e. The first-order valence-electron chi connectivity index (χ1n) is 6.87. The van der Waals surface area contributed by atoms with Crippen molar-refractivity contribution in [3.05, 3.63) is 65.7 Å². The molecule has 1 unspecified atom stereocenters. The van der Waals surface area contributed by atoms with Gasteiger partial charge in [-0.25, -0.2) is 0 Å². The number of benzene rings is 1. The number of pyridine rings is 1. The van der Waals surface area contributed by atoms with Gasteiger partial charge in [-0.05, 0) is 38.1 Å². The molecule has 2 aromatic heterocycles. The molecule has 3 aromatic rings. The number of furan rings is 1. The van der Waals surface area contributed by atoms with Gasteiger partial charge in [0.15, 0.2) is 0 Å². The Balaban J connectivity index is 1.70. The molecular formula is C17H18N2O. The van der Waals surface area contributed by atoms with Crippen molar-refractivity contribution in [3.63, 3.8) is 0 Å². The lowest BCUT2D eigenvalue weighted by Crippen LogP contribution is -2.18. The molecule has 0 fully saturated rings.